The fourth-order valence-electron chi connectivity index (χ4n) is 1.78. The smallest absolute Gasteiger partial charge is 0.337 e. The molecule has 0 radical (unpaired) electrons. The number of aromatic carboxylic acids is 1. The van der Waals surface area contributed by atoms with Gasteiger partial charge in [0.05, 0.1) is 16.8 Å². The molecule has 5 heteroatoms. The number of carbonyl (C=O) groups is 1. The van der Waals surface area contributed by atoms with Crippen LogP contribution in [0.15, 0.2) is 36.5 Å². The van der Waals surface area contributed by atoms with Gasteiger partial charge in [0.2, 0.25) is 5.88 Å². The van der Waals surface area contributed by atoms with Crippen molar-refractivity contribution in [3.05, 3.63) is 52.7 Å². The Balaban J connectivity index is 2.22. The number of hydrogen-bond donors (Lipinski definition) is 1. The Kier molecular flexibility index (Phi) is 4.19. The molecule has 0 saturated heterocycles. The number of nitrogens with zero attached hydrogens (tertiary/aromatic N) is 1. The maximum Gasteiger partial charge on any atom is 0.337 e. The van der Waals surface area contributed by atoms with Gasteiger partial charge in [0.1, 0.15) is 5.75 Å². The first-order chi connectivity index (χ1) is 9.77. The molecule has 110 valence electrons. The van der Waals surface area contributed by atoms with Gasteiger partial charge < -0.3 is 9.84 Å². The molecule has 2 rings (SSSR count). The summed E-state index contributed by atoms with van der Waals surface area (Å²) in [5, 5.41) is 9.10. The summed E-state index contributed by atoms with van der Waals surface area (Å²) in [4.78, 5) is 15.0. The average molecular weight is 306 g/mol. The maximum absolute atomic E-state index is 11.0. The fraction of sp³-hybridized carbons (Fsp3) is 0.250. The van der Waals surface area contributed by atoms with Crippen LogP contribution in [0.5, 0.6) is 11.6 Å². The van der Waals surface area contributed by atoms with Crippen LogP contribution in [-0.2, 0) is 5.41 Å². The summed E-state index contributed by atoms with van der Waals surface area (Å²) in [6, 6.07) is 8.92. The van der Waals surface area contributed by atoms with Gasteiger partial charge in [-0.2, -0.15) is 0 Å². The van der Waals surface area contributed by atoms with Crippen molar-refractivity contribution in [2.45, 2.75) is 26.2 Å². The lowest BCUT2D eigenvalue weighted by Crippen LogP contribution is -2.10. The maximum atomic E-state index is 11.0. The topological polar surface area (TPSA) is 59.4 Å². The molecular weight excluding hydrogens is 290 g/mol. The summed E-state index contributed by atoms with van der Waals surface area (Å²) in [5.41, 5.74) is 1.21. The lowest BCUT2D eigenvalue weighted by Gasteiger charge is -2.19. The van der Waals surface area contributed by atoms with Crippen LogP contribution in [0.4, 0.5) is 0 Å². The molecule has 0 bridgehead atoms. The minimum Gasteiger partial charge on any atom is -0.478 e. The number of ether oxygens (including phenoxy) is 1. The number of hydrogen-bond acceptors (Lipinski definition) is 3. The molecule has 0 aliphatic rings. The molecule has 1 N–H and O–H groups in total. The van der Waals surface area contributed by atoms with Crippen LogP contribution in [-0.4, -0.2) is 16.1 Å². The van der Waals surface area contributed by atoms with Crippen LogP contribution < -0.4 is 4.74 Å². The Morgan fingerprint density at radius 3 is 2.38 bits per heavy atom. The Hall–Kier alpha value is -2.07. The van der Waals surface area contributed by atoms with Gasteiger partial charge in [-0.3, -0.25) is 0 Å². The molecule has 0 aliphatic carbocycles. The molecule has 0 amide bonds. The van der Waals surface area contributed by atoms with E-state index in [-0.39, 0.29) is 21.9 Å². The Morgan fingerprint density at radius 2 is 1.86 bits per heavy atom. The van der Waals surface area contributed by atoms with E-state index in [1.807, 2.05) is 24.3 Å². The van der Waals surface area contributed by atoms with E-state index in [1.165, 1.54) is 17.8 Å². The van der Waals surface area contributed by atoms with Gasteiger partial charge in [-0.25, -0.2) is 9.78 Å². The first-order valence-electron chi connectivity index (χ1n) is 6.44. The second-order valence-corrected chi connectivity index (χ2v) is 6.09. The SMILES string of the molecule is CC(C)(C)c1ccc(Oc2cc(C(=O)O)c(Cl)cn2)cc1. The summed E-state index contributed by atoms with van der Waals surface area (Å²) >= 11 is 5.77. The van der Waals surface area contributed by atoms with Gasteiger partial charge in [-0.1, -0.05) is 44.5 Å². The number of rotatable bonds is 3. The molecule has 2 aromatic rings. The summed E-state index contributed by atoms with van der Waals surface area (Å²) in [6.45, 7) is 6.38. The lowest BCUT2D eigenvalue weighted by molar-refractivity contribution is 0.0696. The summed E-state index contributed by atoms with van der Waals surface area (Å²) in [7, 11) is 0. The highest BCUT2D eigenvalue weighted by atomic mass is 35.5. The van der Waals surface area contributed by atoms with Crippen molar-refractivity contribution in [2.75, 3.05) is 0 Å². The number of aromatic nitrogens is 1. The van der Waals surface area contributed by atoms with Crippen LogP contribution >= 0.6 is 11.6 Å². The zero-order valence-electron chi connectivity index (χ0n) is 12.1. The van der Waals surface area contributed by atoms with E-state index in [4.69, 9.17) is 21.4 Å². The zero-order valence-corrected chi connectivity index (χ0v) is 12.8. The molecule has 4 nitrogen and oxygen atoms in total. The van der Waals surface area contributed by atoms with E-state index < -0.39 is 5.97 Å². The van der Waals surface area contributed by atoms with Crippen molar-refractivity contribution < 1.29 is 14.6 Å². The summed E-state index contributed by atoms with van der Waals surface area (Å²) in [6.07, 6.45) is 1.27. The highest BCUT2D eigenvalue weighted by Gasteiger charge is 2.14. The largest absolute Gasteiger partial charge is 0.478 e. The molecule has 1 heterocycles. The third-order valence-electron chi connectivity index (χ3n) is 3.00. The normalized spacial score (nSPS) is 11.2. The van der Waals surface area contributed by atoms with E-state index in [1.54, 1.807) is 0 Å². The van der Waals surface area contributed by atoms with Gasteiger partial charge in [0, 0.05) is 6.07 Å². The predicted molar refractivity (Wildman–Crippen MR) is 81.4 cm³/mol. The minimum atomic E-state index is -1.12. The van der Waals surface area contributed by atoms with Crippen molar-refractivity contribution in [1.29, 1.82) is 0 Å². The Morgan fingerprint density at radius 1 is 1.24 bits per heavy atom. The number of carboxylic acid groups (broad SMARTS) is 1. The minimum absolute atomic E-state index is 0.0343. The Labute approximate surface area is 128 Å². The molecule has 0 aliphatic heterocycles. The van der Waals surface area contributed by atoms with Crippen LogP contribution in [0, 0.1) is 0 Å². The molecule has 0 unspecified atom stereocenters. The third-order valence-corrected chi connectivity index (χ3v) is 3.30. The van der Waals surface area contributed by atoms with Crippen molar-refractivity contribution in [1.82, 2.24) is 4.98 Å². The number of pyridine rings is 1. The molecule has 0 atom stereocenters. The van der Waals surface area contributed by atoms with Gasteiger partial charge in [-0.05, 0) is 23.1 Å². The van der Waals surface area contributed by atoms with Gasteiger partial charge >= 0.3 is 5.97 Å². The number of carboxylic acids is 1. The molecule has 1 aromatic carbocycles. The molecule has 0 spiro atoms. The van der Waals surface area contributed by atoms with E-state index in [0.29, 0.717) is 5.75 Å². The van der Waals surface area contributed by atoms with E-state index in [2.05, 4.69) is 25.8 Å². The first-order valence-corrected chi connectivity index (χ1v) is 6.82. The second kappa shape index (κ2) is 5.74. The van der Waals surface area contributed by atoms with E-state index in [0.717, 1.165) is 0 Å². The fourth-order valence-corrected chi connectivity index (χ4v) is 1.97. The van der Waals surface area contributed by atoms with Crippen LogP contribution in [0.25, 0.3) is 0 Å². The molecule has 0 fully saturated rings. The summed E-state index contributed by atoms with van der Waals surface area (Å²) in [5.74, 6) is -0.329. The highest BCUT2D eigenvalue weighted by Crippen LogP contribution is 2.27. The molecule has 1 aromatic heterocycles. The van der Waals surface area contributed by atoms with Crippen molar-refractivity contribution in [2.24, 2.45) is 0 Å². The van der Waals surface area contributed by atoms with Crippen molar-refractivity contribution in [3.8, 4) is 11.6 Å². The van der Waals surface area contributed by atoms with E-state index in [9.17, 15) is 4.79 Å². The number of halogens is 1. The number of benzene rings is 1. The lowest BCUT2D eigenvalue weighted by atomic mass is 9.87. The highest BCUT2D eigenvalue weighted by molar-refractivity contribution is 6.33. The van der Waals surface area contributed by atoms with Gasteiger partial charge in [0.15, 0.2) is 0 Å². The third kappa shape index (κ3) is 3.73. The average Bonchev–Trinajstić information content (AvgIpc) is 2.40. The van der Waals surface area contributed by atoms with Gasteiger partial charge in [0.25, 0.3) is 0 Å². The van der Waals surface area contributed by atoms with Crippen LogP contribution in [0.2, 0.25) is 5.02 Å². The molecular formula is C16H16ClNO3. The zero-order chi connectivity index (χ0) is 15.6. The van der Waals surface area contributed by atoms with Gasteiger partial charge in [-0.15, -0.1) is 0 Å². The monoisotopic (exact) mass is 305 g/mol. The summed E-state index contributed by atoms with van der Waals surface area (Å²) < 4.78 is 5.56. The van der Waals surface area contributed by atoms with Crippen molar-refractivity contribution in [3.63, 3.8) is 0 Å². The predicted octanol–water partition coefficient (Wildman–Crippen LogP) is 4.52. The van der Waals surface area contributed by atoms with Crippen LogP contribution in [0.1, 0.15) is 36.7 Å². The first kappa shape index (κ1) is 15.3. The Bertz CT molecular complexity index is 660. The van der Waals surface area contributed by atoms with E-state index >= 15 is 0 Å². The quantitative estimate of drug-likeness (QED) is 0.905. The molecule has 0 saturated carbocycles. The standard InChI is InChI=1S/C16H16ClNO3/c1-16(2,3)10-4-6-11(7-5-10)21-14-8-12(15(19)20)13(17)9-18-14/h4-9H,1-3H3,(H,19,20). The molecule has 21 heavy (non-hydrogen) atoms. The van der Waals surface area contributed by atoms with Crippen LogP contribution in [0.3, 0.4) is 0 Å². The van der Waals surface area contributed by atoms with Crippen molar-refractivity contribution >= 4 is 17.6 Å². The second-order valence-electron chi connectivity index (χ2n) is 5.68.